The van der Waals surface area contributed by atoms with Crippen LogP contribution in [0.4, 0.5) is 0 Å². The van der Waals surface area contributed by atoms with Gasteiger partial charge in [0.05, 0.1) is 0 Å². The summed E-state index contributed by atoms with van der Waals surface area (Å²) in [5.41, 5.74) is 3.69. The van der Waals surface area contributed by atoms with Crippen LogP contribution in [0.1, 0.15) is 6.92 Å². The maximum absolute atomic E-state index is 7.07. The van der Waals surface area contributed by atoms with Crippen molar-refractivity contribution in [2.75, 3.05) is 6.61 Å². The topological polar surface area (TPSA) is 9.23 Å². The van der Waals surface area contributed by atoms with Gasteiger partial charge in [-0.1, -0.05) is 144 Å². The second-order valence-electron chi connectivity index (χ2n) is 8.95. The second kappa shape index (κ2) is 9.76. The molecule has 0 saturated carbocycles. The fourth-order valence-electron chi connectivity index (χ4n) is 5.84. The zero-order valence-electron chi connectivity index (χ0n) is 20.3. The molecule has 0 aliphatic carbocycles. The molecule has 0 amide bonds. The van der Waals surface area contributed by atoms with Gasteiger partial charge in [-0.05, 0) is 29.7 Å². The van der Waals surface area contributed by atoms with Crippen LogP contribution in [0.2, 0.25) is 0 Å². The third-order valence-electron chi connectivity index (χ3n) is 7.20. The molecule has 0 aliphatic rings. The van der Waals surface area contributed by atoms with Crippen LogP contribution in [0.25, 0.3) is 32.3 Å². The molecule has 1 nitrogen and oxygen atoms in total. The number of hydrogen-bond donors (Lipinski definition) is 0. The number of benzene rings is 6. The first kappa shape index (κ1) is 23.5. The van der Waals surface area contributed by atoms with E-state index in [0.29, 0.717) is 6.61 Å². The molecular formula is C32H26BLiO. The Morgan fingerprint density at radius 3 is 1.11 bits per heavy atom. The van der Waals surface area contributed by atoms with Crippen molar-refractivity contribution >= 4 is 55.1 Å². The smallest absolute Gasteiger partial charge is 0.579 e. The van der Waals surface area contributed by atoms with Crippen molar-refractivity contribution in [3.8, 4) is 0 Å². The summed E-state index contributed by atoms with van der Waals surface area (Å²) < 4.78 is 7.07. The predicted octanol–water partition coefficient (Wildman–Crippen LogP) is 3.15. The second-order valence-corrected chi connectivity index (χ2v) is 8.95. The van der Waals surface area contributed by atoms with Crippen molar-refractivity contribution in [2.45, 2.75) is 6.92 Å². The summed E-state index contributed by atoms with van der Waals surface area (Å²) in [5.74, 6) is 0. The van der Waals surface area contributed by atoms with Crippen LogP contribution in [-0.2, 0) is 4.65 Å². The minimum absolute atomic E-state index is 0. The summed E-state index contributed by atoms with van der Waals surface area (Å²) >= 11 is 0. The summed E-state index contributed by atoms with van der Waals surface area (Å²) in [5, 5.41) is 7.39. The van der Waals surface area contributed by atoms with E-state index in [9.17, 15) is 0 Å². The normalized spacial score (nSPS) is 11.6. The summed E-state index contributed by atoms with van der Waals surface area (Å²) in [6.45, 7) is 2.72. The Balaban J connectivity index is 0.00000253. The third kappa shape index (κ3) is 3.80. The van der Waals surface area contributed by atoms with Crippen LogP contribution >= 0.6 is 0 Å². The Kier molecular flexibility index (Phi) is 6.55. The molecule has 35 heavy (non-hydrogen) atoms. The molecule has 0 N–H and O–H groups in total. The van der Waals surface area contributed by atoms with Crippen LogP contribution in [-0.4, -0.2) is 13.0 Å². The van der Waals surface area contributed by atoms with Gasteiger partial charge in [0.25, 0.3) is 0 Å². The summed E-state index contributed by atoms with van der Waals surface area (Å²) in [4.78, 5) is 0. The molecule has 0 spiro atoms. The summed E-state index contributed by atoms with van der Waals surface area (Å²) in [6, 6.07) is 45.9. The third-order valence-corrected chi connectivity index (χ3v) is 7.20. The van der Waals surface area contributed by atoms with Crippen molar-refractivity contribution < 1.29 is 23.5 Å². The van der Waals surface area contributed by atoms with Crippen LogP contribution < -0.4 is 35.2 Å². The maximum Gasteiger partial charge on any atom is 1.00 e. The van der Waals surface area contributed by atoms with Crippen molar-refractivity contribution in [1.29, 1.82) is 0 Å². The molecule has 6 rings (SSSR count). The molecule has 6 aromatic rings. The number of hydrogen-bond acceptors (Lipinski definition) is 1. The fraction of sp³-hybridized carbons (Fsp3) is 0.0625. The first-order valence-corrected chi connectivity index (χ1v) is 12.1. The van der Waals surface area contributed by atoms with E-state index in [1.807, 2.05) is 0 Å². The van der Waals surface area contributed by atoms with Crippen LogP contribution in [0.15, 0.2) is 127 Å². The summed E-state index contributed by atoms with van der Waals surface area (Å²) in [7, 11) is 0. The van der Waals surface area contributed by atoms with Crippen LogP contribution in [0.5, 0.6) is 0 Å². The Hall–Kier alpha value is -3.28. The average Bonchev–Trinajstić information content (AvgIpc) is 2.91. The molecule has 0 radical (unpaired) electrons. The molecule has 0 aliphatic heterocycles. The SMILES string of the molecule is CCO[B-](c1cccc2ccccc12)(c1cccc2ccccc12)c1cccc2ccccc12.[Li+]. The first-order chi connectivity index (χ1) is 16.8. The Morgan fingerprint density at radius 1 is 0.457 bits per heavy atom. The summed E-state index contributed by atoms with van der Waals surface area (Å²) in [6.07, 6.45) is -1.74. The van der Waals surface area contributed by atoms with Gasteiger partial charge < -0.3 is 4.65 Å². The molecule has 0 fully saturated rings. The van der Waals surface area contributed by atoms with E-state index in [1.165, 1.54) is 48.7 Å². The molecule has 3 heteroatoms. The maximum atomic E-state index is 7.07. The van der Waals surface area contributed by atoms with E-state index < -0.39 is 6.35 Å². The average molecular weight is 444 g/mol. The van der Waals surface area contributed by atoms with Crippen molar-refractivity contribution in [2.24, 2.45) is 0 Å². The first-order valence-electron chi connectivity index (χ1n) is 12.1. The minimum atomic E-state index is -1.74. The van der Waals surface area contributed by atoms with Gasteiger partial charge in [0.2, 0.25) is 0 Å². The minimum Gasteiger partial charge on any atom is -0.579 e. The molecule has 164 valence electrons. The van der Waals surface area contributed by atoms with Crippen LogP contribution in [0, 0.1) is 0 Å². The van der Waals surface area contributed by atoms with Crippen molar-refractivity contribution in [1.82, 2.24) is 0 Å². The molecule has 0 saturated heterocycles. The van der Waals surface area contributed by atoms with Gasteiger partial charge in [0.1, 0.15) is 0 Å². The standard InChI is InChI=1S/C32H26BO.Li/c1-2-34-33(30-21-9-15-24-12-3-6-18-27(24)30,31-22-10-16-25-13-4-7-19-28(25)31)32-23-11-17-26-14-5-8-20-29(26)32;/h3-23H,2H2,1H3;/q-1;+1. The predicted molar refractivity (Wildman–Crippen MR) is 148 cm³/mol. The Bertz CT molecular complexity index is 1430. The van der Waals surface area contributed by atoms with Crippen molar-refractivity contribution in [3.05, 3.63) is 127 Å². The largest absolute Gasteiger partial charge is 1.00 e. The van der Waals surface area contributed by atoms with Gasteiger partial charge in [-0.15, -0.1) is 0 Å². The fourth-order valence-corrected chi connectivity index (χ4v) is 5.84. The van der Waals surface area contributed by atoms with Crippen LogP contribution in [0.3, 0.4) is 0 Å². The zero-order valence-corrected chi connectivity index (χ0v) is 20.3. The molecule has 0 bridgehead atoms. The van der Waals surface area contributed by atoms with Gasteiger partial charge in [-0.2, -0.15) is 16.4 Å². The van der Waals surface area contributed by atoms with E-state index in [4.69, 9.17) is 4.65 Å². The number of rotatable bonds is 5. The zero-order chi connectivity index (χ0) is 23.0. The molecular weight excluding hydrogens is 418 g/mol. The quantitative estimate of drug-likeness (QED) is 0.372. The molecule has 0 heterocycles. The van der Waals surface area contributed by atoms with Gasteiger partial charge in [0, 0.05) is 0 Å². The van der Waals surface area contributed by atoms with Gasteiger partial charge >= 0.3 is 18.9 Å². The van der Waals surface area contributed by atoms with E-state index >= 15 is 0 Å². The molecule has 6 aromatic carbocycles. The van der Waals surface area contributed by atoms with Gasteiger partial charge in [-0.3, -0.25) is 0 Å². The van der Waals surface area contributed by atoms with Gasteiger partial charge in [-0.25, -0.2) is 0 Å². The van der Waals surface area contributed by atoms with Crippen molar-refractivity contribution in [3.63, 3.8) is 0 Å². The molecule has 0 unspecified atom stereocenters. The molecule has 0 aromatic heterocycles. The number of fused-ring (bicyclic) bond motifs is 3. The van der Waals surface area contributed by atoms with E-state index in [0.717, 1.165) is 0 Å². The Morgan fingerprint density at radius 2 is 0.771 bits per heavy atom. The Labute approximate surface area is 218 Å². The van der Waals surface area contributed by atoms with E-state index in [2.05, 4.69) is 134 Å². The molecule has 0 atom stereocenters. The monoisotopic (exact) mass is 444 g/mol. The van der Waals surface area contributed by atoms with E-state index in [-0.39, 0.29) is 18.9 Å². The van der Waals surface area contributed by atoms with Gasteiger partial charge in [0.15, 0.2) is 6.35 Å². The van der Waals surface area contributed by atoms with E-state index in [1.54, 1.807) is 0 Å².